The molecule has 0 saturated heterocycles. The van der Waals surface area contributed by atoms with Crippen molar-refractivity contribution in [3.63, 3.8) is 0 Å². The van der Waals surface area contributed by atoms with Crippen molar-refractivity contribution in [3.8, 4) is 5.75 Å². The van der Waals surface area contributed by atoms with E-state index in [0.717, 1.165) is 22.8 Å². The molecule has 1 aromatic carbocycles. The monoisotopic (exact) mass is 462 g/mol. The molecule has 0 saturated carbocycles. The maximum absolute atomic E-state index is 6.42. The van der Waals surface area contributed by atoms with E-state index in [1.807, 2.05) is 6.92 Å². The quantitative estimate of drug-likeness (QED) is 0.463. The fraction of sp³-hybridized carbons (Fsp3) is 0.500. The molecule has 0 atom stereocenters. The molecule has 1 N–H and O–H groups in total. The van der Waals surface area contributed by atoms with E-state index in [1.54, 1.807) is 0 Å². The second-order valence-corrected chi connectivity index (χ2v) is 13.6. The van der Waals surface area contributed by atoms with Crippen molar-refractivity contribution < 1.29 is 54.4 Å². The van der Waals surface area contributed by atoms with Crippen molar-refractivity contribution >= 4 is 17.8 Å². The molecule has 27 heavy (non-hydrogen) atoms. The van der Waals surface area contributed by atoms with Gasteiger partial charge < -0.3 is 24.8 Å². The van der Waals surface area contributed by atoms with Crippen LogP contribution in [-0.2, 0) is 25.2 Å². The number of hydrogen-bond donors (Lipinski definition) is 1. The predicted molar refractivity (Wildman–Crippen MR) is 104 cm³/mol. The number of benzene rings is 1. The molecule has 3 nitrogen and oxygen atoms in total. The van der Waals surface area contributed by atoms with Crippen LogP contribution in [0.15, 0.2) is 29.7 Å². The van der Waals surface area contributed by atoms with Crippen LogP contribution in [0.1, 0.15) is 45.7 Å². The van der Waals surface area contributed by atoms with Crippen LogP contribution in [-0.4, -0.2) is 20.5 Å². The number of allylic oxidation sites excluding steroid dienone is 2. The summed E-state index contributed by atoms with van der Waals surface area (Å²) in [6.07, 6.45) is 0. The van der Waals surface area contributed by atoms with Gasteiger partial charge in [0.15, 0.2) is 0 Å². The van der Waals surface area contributed by atoms with Gasteiger partial charge in [-0.25, -0.2) is 0 Å². The molecule has 1 aliphatic carbocycles. The Kier molecular flexibility index (Phi) is 9.74. The van der Waals surface area contributed by atoms with Crippen LogP contribution in [0, 0.1) is 0 Å². The van der Waals surface area contributed by atoms with E-state index < -0.39 is 8.32 Å². The van der Waals surface area contributed by atoms with Gasteiger partial charge in [-0.05, 0) is 0 Å². The van der Waals surface area contributed by atoms with E-state index in [1.165, 1.54) is 15.0 Å². The predicted octanol–water partition coefficient (Wildman–Crippen LogP) is -0.707. The van der Waals surface area contributed by atoms with Crippen LogP contribution >= 0.6 is 0 Å². The van der Waals surface area contributed by atoms with Crippen LogP contribution in [0.25, 0.3) is 9.45 Å². The smallest absolute Gasteiger partial charge is 1.00 e. The van der Waals surface area contributed by atoms with Crippen LogP contribution in [0.5, 0.6) is 5.75 Å². The molecule has 0 amide bonds. The first-order valence-corrected chi connectivity index (χ1v) is 13.0. The number of fused-ring (bicyclic) bond motifs is 1. The van der Waals surface area contributed by atoms with Gasteiger partial charge in [-0.15, -0.1) is 0 Å². The van der Waals surface area contributed by atoms with Gasteiger partial charge in [0.25, 0.3) is 0 Å². The molecule has 1 aromatic rings. The molecule has 0 bridgehead atoms. The van der Waals surface area contributed by atoms with Gasteiger partial charge in [-0.3, -0.25) is 0 Å². The fourth-order valence-electron chi connectivity index (χ4n) is 2.94. The van der Waals surface area contributed by atoms with Gasteiger partial charge in [0.05, 0.1) is 0 Å². The number of hydrogen-bond acceptors (Lipinski definition) is 3. The molecule has 0 radical (unpaired) electrons. The first kappa shape index (κ1) is 26.6. The molecule has 149 valence electrons. The van der Waals surface area contributed by atoms with E-state index in [-0.39, 0.29) is 30.4 Å². The van der Waals surface area contributed by atoms with Crippen molar-refractivity contribution in [2.24, 2.45) is 0 Å². The molecule has 0 fully saturated rings. The van der Waals surface area contributed by atoms with Crippen LogP contribution in [0.3, 0.4) is 0 Å². The average Bonchev–Trinajstić information content (AvgIpc) is 2.70. The average molecular weight is 463 g/mol. The Labute approximate surface area is 189 Å². The van der Waals surface area contributed by atoms with E-state index in [0.29, 0.717) is 6.61 Å². The Hall–Kier alpha value is -0.389. The normalized spacial score (nSPS) is 15.5. The molecule has 0 heterocycles. The number of ether oxygens (including phenoxy) is 1. The summed E-state index contributed by atoms with van der Waals surface area (Å²) in [5, 5.41) is 3.69. The van der Waals surface area contributed by atoms with Crippen LogP contribution in [0.2, 0.25) is 19.6 Å². The Morgan fingerprint density at radius 2 is 1.74 bits per heavy atom. The summed E-state index contributed by atoms with van der Waals surface area (Å²) < 4.78 is 13.6. The molecular formula is C20H30Cl2NO2SiTi. The Bertz CT molecular complexity index is 734. The summed E-state index contributed by atoms with van der Waals surface area (Å²) in [6, 6.07) is 6.35. The SMILES string of the molecule is CCOC(C)=C1C(NC(C)(C)C)=[C]([Ti+2])c2cccc(O[Si](C)(C)C)c21.[Cl-].[Cl-]. The van der Waals surface area contributed by atoms with Crippen molar-refractivity contribution in [2.75, 3.05) is 6.61 Å². The second-order valence-electron chi connectivity index (χ2n) is 8.38. The minimum absolute atomic E-state index is 0. The van der Waals surface area contributed by atoms with Crippen molar-refractivity contribution in [3.05, 3.63) is 40.8 Å². The van der Waals surface area contributed by atoms with Gasteiger partial charge in [0, 0.05) is 0 Å². The summed E-state index contributed by atoms with van der Waals surface area (Å²) in [4.78, 5) is 0. The Morgan fingerprint density at radius 1 is 1.15 bits per heavy atom. The fourth-order valence-corrected chi connectivity index (χ4v) is 4.39. The number of nitrogens with one attached hydrogen (secondary N) is 1. The molecule has 0 unspecified atom stereocenters. The van der Waals surface area contributed by atoms with Crippen molar-refractivity contribution in [1.82, 2.24) is 5.32 Å². The molecule has 0 aromatic heterocycles. The third-order valence-corrected chi connectivity index (χ3v) is 5.32. The molecular weight excluding hydrogens is 433 g/mol. The largest absolute Gasteiger partial charge is 1.00 e. The third kappa shape index (κ3) is 6.57. The summed E-state index contributed by atoms with van der Waals surface area (Å²) in [7, 11) is -1.72. The Morgan fingerprint density at radius 3 is 2.22 bits per heavy atom. The van der Waals surface area contributed by atoms with Crippen LogP contribution < -0.4 is 34.6 Å². The Balaban J connectivity index is 0.00000338. The first-order valence-electron chi connectivity index (χ1n) is 8.85. The summed E-state index contributed by atoms with van der Waals surface area (Å²) >= 11 is 2.18. The van der Waals surface area contributed by atoms with Crippen molar-refractivity contribution in [2.45, 2.75) is 59.8 Å². The zero-order valence-corrected chi connectivity index (χ0v) is 21.6. The number of halogens is 2. The molecule has 0 aliphatic heterocycles. The van der Waals surface area contributed by atoms with E-state index >= 15 is 0 Å². The maximum atomic E-state index is 6.42. The molecule has 1 aliphatic rings. The zero-order valence-electron chi connectivity index (χ0n) is 17.5. The first-order chi connectivity index (χ1) is 11.4. The third-order valence-electron chi connectivity index (χ3n) is 3.67. The van der Waals surface area contributed by atoms with Crippen molar-refractivity contribution in [1.29, 1.82) is 0 Å². The van der Waals surface area contributed by atoms with Gasteiger partial charge in [-0.2, -0.15) is 0 Å². The van der Waals surface area contributed by atoms with E-state index in [2.05, 4.69) is 91.3 Å². The molecule has 7 heteroatoms. The van der Waals surface area contributed by atoms with E-state index in [9.17, 15) is 0 Å². The molecule has 0 spiro atoms. The summed E-state index contributed by atoms with van der Waals surface area (Å²) in [5.41, 5.74) is 4.66. The second kappa shape index (κ2) is 9.89. The topological polar surface area (TPSA) is 30.5 Å². The minimum atomic E-state index is -1.72. The van der Waals surface area contributed by atoms with Gasteiger partial charge in [0.2, 0.25) is 0 Å². The zero-order chi connectivity index (χ0) is 19.0. The number of rotatable bonds is 5. The van der Waals surface area contributed by atoms with Gasteiger partial charge in [0.1, 0.15) is 0 Å². The standard InChI is InChI=1S/C20H30NO2Si.2ClH.Ti/c1-9-22-14(2)18-16(21-20(3,4)5)13-15-11-10-12-17(19(15)18)23-24(6,7)8;;;/h10-12,21H,9H2,1-8H3;2*1H;/q;;;+2/p-2. The molecule has 2 rings (SSSR count). The summed E-state index contributed by atoms with van der Waals surface area (Å²) in [6.45, 7) is 17.9. The van der Waals surface area contributed by atoms with Gasteiger partial charge >= 0.3 is 166 Å². The minimum Gasteiger partial charge on any atom is -1.00 e. The van der Waals surface area contributed by atoms with Gasteiger partial charge in [-0.1, -0.05) is 0 Å². The van der Waals surface area contributed by atoms with E-state index in [4.69, 9.17) is 9.16 Å². The van der Waals surface area contributed by atoms with Crippen LogP contribution in [0.4, 0.5) is 0 Å². The summed E-state index contributed by atoms with van der Waals surface area (Å²) in [5.74, 6) is 1.91. The maximum Gasteiger partial charge on any atom is -1.00 e.